The summed E-state index contributed by atoms with van der Waals surface area (Å²) in [5.41, 5.74) is 14.1. The number of hydrogen-bond acceptors (Lipinski definition) is 3. The van der Waals surface area contributed by atoms with E-state index in [0.717, 1.165) is 69.7 Å². The minimum absolute atomic E-state index is 0.245. The van der Waals surface area contributed by atoms with Crippen LogP contribution in [0.15, 0.2) is 18.2 Å². The topological polar surface area (TPSA) is 94.7 Å². The maximum atomic E-state index is 12.3. The van der Waals surface area contributed by atoms with E-state index in [1.165, 1.54) is 16.7 Å². The Labute approximate surface area is 211 Å². The van der Waals surface area contributed by atoms with Crippen molar-refractivity contribution in [3.63, 3.8) is 0 Å². The van der Waals surface area contributed by atoms with E-state index in [2.05, 4.69) is 56.7 Å². The van der Waals surface area contributed by atoms with Gasteiger partial charge >= 0.3 is 5.97 Å². The van der Waals surface area contributed by atoms with E-state index in [-0.39, 0.29) is 5.92 Å². The number of aromatic amines is 2. The van der Waals surface area contributed by atoms with Gasteiger partial charge in [-0.25, -0.2) is 9.78 Å². The normalized spacial score (nSPS) is 15.6. The first-order chi connectivity index (χ1) is 17.1. The third-order valence-electron chi connectivity index (χ3n) is 7.98. The molecule has 0 saturated carbocycles. The number of aromatic nitrogens is 4. The lowest BCUT2D eigenvalue weighted by molar-refractivity contribution is 0.0698. The number of carbonyl (C=O) groups is 1. The van der Waals surface area contributed by atoms with Crippen LogP contribution in [0.4, 0.5) is 0 Å². The highest BCUT2D eigenvalue weighted by molar-refractivity contribution is 6.02. The summed E-state index contributed by atoms with van der Waals surface area (Å²) in [5, 5.41) is 10.1. The van der Waals surface area contributed by atoms with Gasteiger partial charge in [-0.15, -0.1) is 0 Å². The van der Waals surface area contributed by atoms with Crippen LogP contribution < -0.4 is 0 Å². The Kier molecular flexibility index (Phi) is 5.86. The Hall–Kier alpha value is -3.67. The second-order valence-electron chi connectivity index (χ2n) is 10.1. The van der Waals surface area contributed by atoms with E-state index < -0.39 is 5.97 Å². The molecule has 0 saturated heterocycles. The Morgan fingerprint density at radius 3 is 2.28 bits per heavy atom. The molecule has 5 heterocycles. The van der Waals surface area contributed by atoms with Gasteiger partial charge in [-0.3, -0.25) is 4.98 Å². The number of nitrogens with zero attached hydrogens (tertiary/aromatic N) is 2. The predicted octanol–water partition coefficient (Wildman–Crippen LogP) is 7.19. The first-order valence-corrected chi connectivity index (χ1v) is 12.8. The number of carboxylic acid groups (broad SMARTS) is 1. The lowest BCUT2D eigenvalue weighted by atomic mass is 10.0. The fourth-order valence-electron chi connectivity index (χ4n) is 5.73. The molecule has 36 heavy (non-hydrogen) atoms. The van der Waals surface area contributed by atoms with Gasteiger partial charge in [0.15, 0.2) is 0 Å². The van der Waals surface area contributed by atoms with Gasteiger partial charge < -0.3 is 15.1 Å². The fraction of sp³-hybridized carbons (Fsp3) is 0.367. The minimum Gasteiger partial charge on any atom is -0.478 e. The summed E-state index contributed by atoms with van der Waals surface area (Å²) in [6.07, 6.45) is 2.55. The molecule has 3 aromatic rings. The summed E-state index contributed by atoms with van der Waals surface area (Å²) in [4.78, 5) is 29.4. The highest BCUT2D eigenvalue weighted by Gasteiger charge is 2.23. The molecule has 6 nitrogen and oxygen atoms in total. The number of carboxylic acids is 1. The van der Waals surface area contributed by atoms with Crippen molar-refractivity contribution >= 4 is 39.2 Å². The maximum absolute atomic E-state index is 12.3. The molecule has 0 radical (unpaired) electrons. The van der Waals surface area contributed by atoms with Crippen LogP contribution in [0.25, 0.3) is 33.2 Å². The van der Waals surface area contributed by atoms with E-state index in [0.29, 0.717) is 16.6 Å². The second-order valence-corrected chi connectivity index (χ2v) is 10.1. The highest BCUT2D eigenvalue weighted by Crippen LogP contribution is 2.35. The summed E-state index contributed by atoms with van der Waals surface area (Å²) in [6, 6.07) is 6.32. The van der Waals surface area contributed by atoms with E-state index >= 15 is 0 Å². The van der Waals surface area contributed by atoms with E-state index in [1.54, 1.807) is 0 Å². The van der Waals surface area contributed by atoms with Gasteiger partial charge in [0.1, 0.15) is 0 Å². The smallest absolute Gasteiger partial charge is 0.338 e. The summed E-state index contributed by atoms with van der Waals surface area (Å²) in [7, 11) is 0. The summed E-state index contributed by atoms with van der Waals surface area (Å²) < 4.78 is 0. The summed E-state index contributed by atoms with van der Waals surface area (Å²) >= 11 is 0. The molecule has 0 aliphatic carbocycles. The molecule has 0 aromatic carbocycles. The standard InChI is InChI=1S/C30H34N4O2/c1-8-19-15(4)23-11-21-14(3)10-22(31-21)18(7)29-28(30(35)36)17(6)25(34-29)13-27-20(9-2)16(5)24(33-27)12-26(19)32-23/h11-14,32,34H,8-10H2,1-7H3,(H,35,36). The number of nitrogens with one attached hydrogen (secondary N) is 2. The lowest BCUT2D eigenvalue weighted by Gasteiger charge is -2.01. The molecule has 1 atom stereocenters. The molecule has 8 bridgehead atoms. The van der Waals surface area contributed by atoms with Crippen LogP contribution in [0.3, 0.4) is 0 Å². The minimum atomic E-state index is -0.934. The Morgan fingerprint density at radius 1 is 0.917 bits per heavy atom. The van der Waals surface area contributed by atoms with Crippen LogP contribution in [-0.2, 0) is 12.8 Å². The molecule has 2 aliphatic rings. The third-order valence-corrected chi connectivity index (χ3v) is 7.98. The molecule has 186 valence electrons. The van der Waals surface area contributed by atoms with Gasteiger partial charge in [0.2, 0.25) is 0 Å². The first-order valence-electron chi connectivity index (χ1n) is 12.8. The first kappa shape index (κ1) is 24.0. The quantitative estimate of drug-likeness (QED) is 0.368. The molecule has 3 N–H and O–H groups in total. The Morgan fingerprint density at radius 2 is 1.61 bits per heavy atom. The van der Waals surface area contributed by atoms with Crippen molar-refractivity contribution < 1.29 is 9.90 Å². The molecule has 0 fully saturated rings. The monoisotopic (exact) mass is 482 g/mol. The van der Waals surface area contributed by atoms with Crippen LogP contribution in [-0.4, -0.2) is 31.0 Å². The average Bonchev–Trinajstić information content (AvgIpc) is 3.53. The number of rotatable bonds is 3. The van der Waals surface area contributed by atoms with Gasteiger partial charge in [0, 0.05) is 33.9 Å². The van der Waals surface area contributed by atoms with Crippen LogP contribution in [0.1, 0.15) is 95.4 Å². The summed E-state index contributed by atoms with van der Waals surface area (Å²) in [5.74, 6) is -0.690. The zero-order valence-electron chi connectivity index (χ0n) is 22.2. The average molecular weight is 483 g/mol. The SMILES string of the molecule is CCC1=C(C)c2cc3[nH]c(cc4nc(c(C)c5[nH]c(cc1n2)c(C)c5C(=O)O)CC4C)c(C)c3CC. The molecule has 0 amide bonds. The van der Waals surface area contributed by atoms with Gasteiger partial charge in [-0.05, 0) is 98.6 Å². The van der Waals surface area contributed by atoms with Crippen LogP contribution in [0.2, 0.25) is 0 Å². The van der Waals surface area contributed by atoms with E-state index in [1.807, 2.05) is 19.9 Å². The van der Waals surface area contributed by atoms with Crippen molar-refractivity contribution in [3.8, 4) is 0 Å². The lowest BCUT2D eigenvalue weighted by Crippen LogP contribution is -1.99. The number of allylic oxidation sites excluding steroid dienone is 2. The van der Waals surface area contributed by atoms with Crippen molar-refractivity contribution in [1.29, 1.82) is 0 Å². The van der Waals surface area contributed by atoms with Crippen LogP contribution >= 0.6 is 0 Å². The number of fused-ring (bicyclic) bond motifs is 8. The number of aryl methyl sites for hydroxylation is 4. The van der Waals surface area contributed by atoms with E-state index in [9.17, 15) is 9.90 Å². The van der Waals surface area contributed by atoms with Crippen LogP contribution in [0.5, 0.6) is 0 Å². The third kappa shape index (κ3) is 3.67. The van der Waals surface area contributed by atoms with Gasteiger partial charge in [0.05, 0.1) is 22.5 Å². The predicted molar refractivity (Wildman–Crippen MR) is 146 cm³/mol. The second kappa shape index (κ2) is 8.77. The molecule has 0 spiro atoms. The van der Waals surface area contributed by atoms with Crippen molar-refractivity contribution in [2.45, 2.75) is 73.6 Å². The van der Waals surface area contributed by atoms with Crippen LogP contribution in [0, 0.1) is 20.8 Å². The zero-order valence-corrected chi connectivity index (χ0v) is 22.2. The summed E-state index contributed by atoms with van der Waals surface area (Å²) in [6.45, 7) is 14.6. The molecule has 1 unspecified atom stereocenters. The van der Waals surface area contributed by atoms with Gasteiger partial charge in [0.25, 0.3) is 0 Å². The maximum Gasteiger partial charge on any atom is 0.338 e. The number of hydrogen-bond donors (Lipinski definition) is 3. The Balaban J connectivity index is 2.01. The largest absolute Gasteiger partial charge is 0.478 e. The van der Waals surface area contributed by atoms with Crippen molar-refractivity contribution in [1.82, 2.24) is 19.9 Å². The molecular formula is C30H34N4O2. The van der Waals surface area contributed by atoms with E-state index in [4.69, 9.17) is 9.97 Å². The van der Waals surface area contributed by atoms with Crippen molar-refractivity contribution in [3.05, 3.63) is 68.8 Å². The molecule has 5 rings (SSSR count). The van der Waals surface area contributed by atoms with Crippen molar-refractivity contribution in [2.75, 3.05) is 0 Å². The molecule has 3 aromatic heterocycles. The van der Waals surface area contributed by atoms with Gasteiger partial charge in [-0.1, -0.05) is 20.8 Å². The highest BCUT2D eigenvalue weighted by atomic mass is 16.4. The van der Waals surface area contributed by atoms with Gasteiger partial charge in [-0.2, -0.15) is 0 Å². The molecule has 6 heteroatoms. The molecule has 2 aliphatic heterocycles. The fourth-order valence-corrected chi connectivity index (χ4v) is 5.73. The number of H-pyrrole nitrogens is 2. The van der Waals surface area contributed by atoms with Crippen molar-refractivity contribution in [2.24, 2.45) is 0 Å². The Bertz CT molecular complexity index is 1620. The number of aromatic carboxylic acids is 1. The zero-order chi connectivity index (χ0) is 25.9. The molecular weight excluding hydrogens is 448 g/mol.